The van der Waals surface area contributed by atoms with Crippen molar-refractivity contribution in [1.29, 1.82) is 0 Å². The van der Waals surface area contributed by atoms with Gasteiger partial charge in [0.05, 0.1) is 11.2 Å². The van der Waals surface area contributed by atoms with Crippen molar-refractivity contribution in [3.63, 3.8) is 0 Å². The number of nitrogen functional groups attached to an aromatic ring is 1. The molecule has 1 aromatic heterocycles. The van der Waals surface area contributed by atoms with E-state index < -0.39 is 0 Å². The molecular weight excluding hydrogens is 214 g/mol. The van der Waals surface area contributed by atoms with E-state index in [9.17, 15) is 4.79 Å². The molecule has 0 unspecified atom stereocenters. The second-order valence-electron chi connectivity index (χ2n) is 5.52. The van der Waals surface area contributed by atoms with Crippen LogP contribution in [-0.4, -0.2) is 9.36 Å². The highest BCUT2D eigenvalue weighted by molar-refractivity contribution is 5.42. The minimum absolute atomic E-state index is 0.0469. The molecule has 1 aromatic rings. The summed E-state index contributed by atoms with van der Waals surface area (Å²) in [7, 11) is 0. The minimum Gasteiger partial charge on any atom is -0.393 e. The molecule has 0 aliphatic carbocycles. The van der Waals surface area contributed by atoms with Crippen molar-refractivity contribution in [3.05, 3.63) is 16.0 Å². The Morgan fingerprint density at radius 3 is 2.18 bits per heavy atom. The Bertz CT molecular complexity index is 435. The highest BCUT2D eigenvalue weighted by Gasteiger charge is 2.24. The molecule has 0 fully saturated rings. The van der Waals surface area contributed by atoms with E-state index in [1.165, 1.54) is 0 Å². The fourth-order valence-electron chi connectivity index (χ4n) is 2.22. The average molecular weight is 239 g/mol. The third-order valence-corrected chi connectivity index (χ3v) is 2.84. The van der Waals surface area contributed by atoms with Crippen LogP contribution in [0, 0.1) is 0 Å². The molecule has 17 heavy (non-hydrogen) atoms. The Balaban J connectivity index is 3.47. The van der Waals surface area contributed by atoms with Crippen LogP contribution in [0.5, 0.6) is 0 Å². The van der Waals surface area contributed by atoms with Gasteiger partial charge in [0, 0.05) is 6.54 Å². The van der Waals surface area contributed by atoms with Crippen molar-refractivity contribution in [2.24, 2.45) is 0 Å². The van der Waals surface area contributed by atoms with Crippen LogP contribution in [0.25, 0.3) is 0 Å². The van der Waals surface area contributed by atoms with E-state index in [2.05, 4.69) is 18.5 Å². The van der Waals surface area contributed by atoms with Crippen LogP contribution in [0.1, 0.15) is 53.2 Å². The molecule has 0 saturated carbocycles. The highest BCUT2D eigenvalue weighted by Crippen LogP contribution is 2.19. The first kappa shape index (κ1) is 13.9. The van der Waals surface area contributed by atoms with Gasteiger partial charge in [0.2, 0.25) is 0 Å². The molecular formula is C13H25N3O. The average Bonchev–Trinajstić information content (AvgIpc) is 2.43. The highest BCUT2D eigenvalue weighted by atomic mass is 16.1. The summed E-state index contributed by atoms with van der Waals surface area (Å²) in [5.74, 6) is 0. The predicted molar refractivity (Wildman–Crippen MR) is 72.4 cm³/mol. The maximum Gasteiger partial charge on any atom is 0.290 e. The Morgan fingerprint density at radius 2 is 1.76 bits per heavy atom. The summed E-state index contributed by atoms with van der Waals surface area (Å²) in [5, 5.41) is 0. The van der Waals surface area contributed by atoms with Crippen LogP contribution >= 0.6 is 0 Å². The molecule has 0 spiro atoms. The molecule has 4 heteroatoms. The molecule has 0 aromatic carbocycles. The van der Waals surface area contributed by atoms with Crippen LogP contribution in [0.2, 0.25) is 0 Å². The molecule has 0 aliphatic rings. The molecule has 0 aliphatic heterocycles. The van der Waals surface area contributed by atoms with Crippen molar-refractivity contribution in [1.82, 2.24) is 9.36 Å². The SMILES string of the molecule is CCCc1c(N)c(=O)n(C(C)(C)C)n1CCC. The van der Waals surface area contributed by atoms with Crippen molar-refractivity contribution < 1.29 is 0 Å². The maximum absolute atomic E-state index is 12.2. The predicted octanol–water partition coefficient (Wildman–Crippen LogP) is 2.35. The van der Waals surface area contributed by atoms with E-state index in [-0.39, 0.29) is 11.1 Å². The zero-order chi connectivity index (χ0) is 13.2. The van der Waals surface area contributed by atoms with Gasteiger partial charge in [-0.15, -0.1) is 0 Å². The van der Waals surface area contributed by atoms with E-state index in [1.54, 1.807) is 4.68 Å². The molecule has 0 atom stereocenters. The van der Waals surface area contributed by atoms with Crippen LogP contribution in [0.4, 0.5) is 5.69 Å². The summed E-state index contributed by atoms with van der Waals surface area (Å²) in [6, 6.07) is 0. The van der Waals surface area contributed by atoms with Crippen LogP contribution in [-0.2, 0) is 18.5 Å². The zero-order valence-corrected chi connectivity index (χ0v) is 11.7. The molecule has 0 amide bonds. The Hall–Kier alpha value is -1.19. The smallest absolute Gasteiger partial charge is 0.290 e. The summed E-state index contributed by atoms with van der Waals surface area (Å²) in [6.07, 6.45) is 2.87. The molecule has 1 rings (SSSR count). The normalized spacial score (nSPS) is 12.1. The third-order valence-electron chi connectivity index (χ3n) is 2.84. The maximum atomic E-state index is 12.2. The van der Waals surface area contributed by atoms with E-state index in [1.807, 2.05) is 20.8 Å². The summed E-state index contributed by atoms with van der Waals surface area (Å²) in [4.78, 5) is 12.2. The molecule has 4 nitrogen and oxygen atoms in total. The molecule has 0 bridgehead atoms. The van der Waals surface area contributed by atoms with Crippen LogP contribution < -0.4 is 11.3 Å². The van der Waals surface area contributed by atoms with Gasteiger partial charge in [0.1, 0.15) is 5.69 Å². The number of hydrogen-bond donors (Lipinski definition) is 1. The van der Waals surface area contributed by atoms with Gasteiger partial charge in [-0.25, -0.2) is 4.68 Å². The lowest BCUT2D eigenvalue weighted by Gasteiger charge is -2.25. The van der Waals surface area contributed by atoms with Crippen molar-refractivity contribution >= 4 is 5.69 Å². The quantitative estimate of drug-likeness (QED) is 0.877. The number of aromatic nitrogens is 2. The summed E-state index contributed by atoms with van der Waals surface area (Å²) in [5.41, 5.74) is 7.11. The summed E-state index contributed by atoms with van der Waals surface area (Å²) < 4.78 is 3.87. The standard InChI is InChI=1S/C13H25N3O/c1-6-8-10-11(14)12(17)16(13(3,4)5)15(10)9-7-2/h6-9,14H2,1-5H3. The van der Waals surface area contributed by atoms with E-state index in [0.29, 0.717) is 5.69 Å². The molecule has 98 valence electrons. The minimum atomic E-state index is -0.230. The zero-order valence-electron chi connectivity index (χ0n) is 11.7. The molecule has 1 heterocycles. The van der Waals surface area contributed by atoms with Crippen molar-refractivity contribution in [2.45, 2.75) is 66.0 Å². The topological polar surface area (TPSA) is 53.0 Å². The van der Waals surface area contributed by atoms with Gasteiger partial charge in [0.15, 0.2) is 0 Å². The van der Waals surface area contributed by atoms with Gasteiger partial charge in [-0.2, -0.15) is 0 Å². The fraction of sp³-hybridized carbons (Fsp3) is 0.769. The third kappa shape index (κ3) is 2.56. The van der Waals surface area contributed by atoms with Crippen molar-refractivity contribution in [2.75, 3.05) is 5.73 Å². The lowest BCUT2D eigenvalue weighted by atomic mass is 10.1. The Labute approximate surface area is 103 Å². The summed E-state index contributed by atoms with van der Waals surface area (Å²) >= 11 is 0. The Morgan fingerprint density at radius 1 is 1.18 bits per heavy atom. The largest absolute Gasteiger partial charge is 0.393 e. The van der Waals surface area contributed by atoms with Gasteiger partial charge in [0.25, 0.3) is 5.56 Å². The first-order valence-electron chi connectivity index (χ1n) is 6.45. The number of rotatable bonds is 4. The monoisotopic (exact) mass is 239 g/mol. The first-order chi connectivity index (χ1) is 7.84. The van der Waals surface area contributed by atoms with Gasteiger partial charge < -0.3 is 5.73 Å². The number of nitrogens with zero attached hydrogens (tertiary/aromatic N) is 2. The summed E-state index contributed by atoms with van der Waals surface area (Å²) in [6.45, 7) is 11.2. The van der Waals surface area contributed by atoms with Gasteiger partial charge in [-0.1, -0.05) is 20.3 Å². The van der Waals surface area contributed by atoms with E-state index in [4.69, 9.17) is 5.73 Å². The number of hydrogen-bond acceptors (Lipinski definition) is 2. The van der Waals surface area contributed by atoms with Gasteiger partial charge in [-0.05, 0) is 33.6 Å². The lowest BCUT2D eigenvalue weighted by molar-refractivity contribution is 0.278. The van der Waals surface area contributed by atoms with Gasteiger partial charge >= 0.3 is 0 Å². The van der Waals surface area contributed by atoms with Crippen LogP contribution in [0.3, 0.4) is 0 Å². The lowest BCUT2D eigenvalue weighted by Crippen LogP contribution is -2.37. The fourth-order valence-corrected chi connectivity index (χ4v) is 2.22. The van der Waals surface area contributed by atoms with Crippen LogP contribution in [0.15, 0.2) is 4.79 Å². The molecule has 0 saturated heterocycles. The second-order valence-corrected chi connectivity index (χ2v) is 5.52. The molecule has 2 N–H and O–H groups in total. The number of nitrogens with two attached hydrogens (primary N) is 1. The second kappa shape index (κ2) is 4.98. The van der Waals surface area contributed by atoms with E-state index in [0.717, 1.165) is 31.5 Å². The molecule has 0 radical (unpaired) electrons. The van der Waals surface area contributed by atoms with Gasteiger partial charge in [-0.3, -0.25) is 9.48 Å². The Kier molecular flexibility index (Phi) is 4.07. The van der Waals surface area contributed by atoms with E-state index >= 15 is 0 Å². The van der Waals surface area contributed by atoms with Crippen molar-refractivity contribution in [3.8, 4) is 0 Å². The first-order valence-corrected chi connectivity index (χ1v) is 6.45. The number of anilines is 1.